The lowest BCUT2D eigenvalue weighted by Crippen LogP contribution is -2.20. The van der Waals surface area contributed by atoms with Crippen LogP contribution in [0, 0.1) is 0 Å². The van der Waals surface area contributed by atoms with E-state index in [9.17, 15) is 14.2 Å². The number of nitrogens with one attached hydrogen (secondary N) is 1. The number of rotatable bonds is 4. The van der Waals surface area contributed by atoms with Gasteiger partial charge in [0, 0.05) is 22.6 Å². The molecule has 3 rings (SSSR count). The molecule has 34 heavy (non-hydrogen) atoms. The molecule has 0 spiro atoms. The van der Waals surface area contributed by atoms with Gasteiger partial charge in [-0.3, -0.25) is 5.32 Å². The normalized spacial score (nSPS) is 11.0. The highest BCUT2D eigenvalue weighted by molar-refractivity contribution is 7.70. The summed E-state index contributed by atoms with van der Waals surface area (Å²) in [7, 11) is -2.44. The van der Waals surface area contributed by atoms with Gasteiger partial charge in [-0.2, -0.15) is 0 Å². The average molecular weight is 502 g/mol. The van der Waals surface area contributed by atoms with Crippen molar-refractivity contribution in [2.45, 2.75) is 26.2 Å². The first-order valence-electron chi connectivity index (χ1n) is 10.5. The highest BCUT2D eigenvalue weighted by Gasteiger charge is 2.20. The van der Waals surface area contributed by atoms with Gasteiger partial charge in [-0.05, 0) is 66.8 Å². The van der Waals surface area contributed by atoms with Crippen molar-refractivity contribution in [3.05, 3.63) is 84.4 Å². The molecule has 1 N–H and O–H groups in total. The molecule has 0 atom stereocenters. The zero-order valence-electron chi connectivity index (χ0n) is 19.9. The predicted molar refractivity (Wildman–Crippen MR) is 139 cm³/mol. The molecule has 0 aliphatic rings. The second-order valence-corrected chi connectivity index (χ2v) is 12.4. The Kier molecular flexibility index (Phi) is 9.48. The van der Waals surface area contributed by atoms with E-state index in [1.807, 2.05) is 24.3 Å². The van der Waals surface area contributed by atoms with Crippen molar-refractivity contribution >= 4 is 41.3 Å². The van der Waals surface area contributed by atoms with Crippen molar-refractivity contribution in [3.63, 3.8) is 0 Å². The minimum absolute atomic E-state index is 0.120. The maximum absolute atomic E-state index is 12.5. The summed E-state index contributed by atoms with van der Waals surface area (Å²) in [5, 5.41) is 3.47. The number of anilines is 1. The summed E-state index contributed by atoms with van der Waals surface area (Å²) in [6, 6.07) is 23.1. The van der Waals surface area contributed by atoms with Gasteiger partial charge in [0.1, 0.15) is 18.6 Å². The predicted octanol–water partition coefficient (Wildman–Crippen LogP) is 7.27. The first kappa shape index (κ1) is 27.2. The zero-order chi connectivity index (χ0) is 25.4. The van der Waals surface area contributed by atoms with Gasteiger partial charge in [0.25, 0.3) is 0 Å². The van der Waals surface area contributed by atoms with Gasteiger partial charge in [-0.1, -0.05) is 57.2 Å². The third-order valence-corrected chi connectivity index (χ3v) is 6.13. The maximum atomic E-state index is 12.5. The molecule has 0 fully saturated rings. The van der Waals surface area contributed by atoms with Crippen LogP contribution in [0.3, 0.4) is 0 Å². The Morgan fingerprint density at radius 3 is 1.76 bits per heavy atom. The SMILES string of the molecule is CC(C)(C)c1cc(NC(=O)Oc2ccccc2)cc(P(C)(C)=O)c1.O=C(Cl)Oc1ccccc1. The van der Waals surface area contributed by atoms with E-state index in [1.165, 1.54) is 0 Å². The van der Waals surface area contributed by atoms with Gasteiger partial charge in [-0.25, -0.2) is 9.59 Å². The highest BCUT2D eigenvalue weighted by atomic mass is 35.5. The third-order valence-electron chi connectivity index (χ3n) is 4.55. The fourth-order valence-electron chi connectivity index (χ4n) is 2.75. The van der Waals surface area contributed by atoms with Crippen LogP contribution in [-0.2, 0) is 9.98 Å². The standard InChI is InChI=1S/C19H24NO3P.C7H5ClO2/c1-19(2,3)14-11-15(13-17(12-14)24(4,5)22)20-18(21)23-16-9-7-6-8-10-16;8-7(9)10-6-4-2-1-3-5-6/h6-13H,1-5H3,(H,20,21);1-5H. The molecule has 1 amide bonds. The first-order valence-corrected chi connectivity index (χ1v) is 13.5. The van der Waals surface area contributed by atoms with E-state index in [4.69, 9.17) is 16.3 Å². The molecule has 0 bridgehead atoms. The minimum Gasteiger partial charge on any atom is -0.415 e. The number of carbonyl (C=O) groups is 2. The van der Waals surface area contributed by atoms with Gasteiger partial charge in [0.2, 0.25) is 0 Å². The van der Waals surface area contributed by atoms with Gasteiger partial charge < -0.3 is 14.0 Å². The van der Waals surface area contributed by atoms with Crippen LogP contribution in [0.1, 0.15) is 26.3 Å². The molecule has 3 aromatic rings. The van der Waals surface area contributed by atoms with Crippen LogP contribution in [0.4, 0.5) is 15.3 Å². The van der Waals surface area contributed by atoms with Gasteiger partial charge in [0.05, 0.1) is 0 Å². The fourth-order valence-corrected chi connectivity index (χ4v) is 3.74. The van der Waals surface area contributed by atoms with E-state index in [-0.39, 0.29) is 5.41 Å². The molecule has 0 heterocycles. The summed E-state index contributed by atoms with van der Waals surface area (Å²) in [4.78, 5) is 22.3. The Balaban J connectivity index is 0.000000340. The number of benzene rings is 3. The topological polar surface area (TPSA) is 81.7 Å². The van der Waals surface area contributed by atoms with Crippen LogP contribution in [0.2, 0.25) is 0 Å². The highest BCUT2D eigenvalue weighted by Crippen LogP contribution is 2.37. The third kappa shape index (κ3) is 9.42. The molecule has 180 valence electrons. The molecule has 6 nitrogen and oxygen atoms in total. The van der Waals surface area contributed by atoms with Crippen LogP contribution in [0.25, 0.3) is 0 Å². The van der Waals surface area contributed by atoms with E-state index in [0.717, 1.165) is 10.9 Å². The van der Waals surface area contributed by atoms with Gasteiger partial charge in [-0.15, -0.1) is 0 Å². The number of hydrogen-bond acceptors (Lipinski definition) is 5. The van der Waals surface area contributed by atoms with E-state index in [0.29, 0.717) is 17.2 Å². The summed E-state index contributed by atoms with van der Waals surface area (Å²) in [5.41, 5.74) is 0.665. The number of hydrogen-bond donors (Lipinski definition) is 1. The molecular weight excluding hydrogens is 473 g/mol. The lowest BCUT2D eigenvalue weighted by molar-refractivity contribution is 0.215. The molecule has 0 aromatic heterocycles. The zero-order valence-corrected chi connectivity index (χ0v) is 21.5. The lowest BCUT2D eigenvalue weighted by Gasteiger charge is -2.22. The van der Waals surface area contributed by atoms with Crippen LogP contribution >= 0.6 is 18.7 Å². The number of amides is 1. The maximum Gasteiger partial charge on any atom is 0.417 e. The number of ether oxygens (including phenoxy) is 2. The van der Waals surface area contributed by atoms with Crippen LogP contribution in [0.15, 0.2) is 78.9 Å². The molecular formula is C26H29ClNO5P. The molecule has 0 saturated carbocycles. The van der Waals surface area contributed by atoms with Crippen molar-refractivity contribution in [3.8, 4) is 11.5 Å². The number of para-hydroxylation sites is 2. The Morgan fingerprint density at radius 1 is 0.824 bits per heavy atom. The van der Waals surface area contributed by atoms with Gasteiger partial charge >= 0.3 is 11.5 Å². The Labute approximate surface area is 205 Å². The molecule has 8 heteroatoms. The Bertz CT molecular complexity index is 1150. The van der Waals surface area contributed by atoms with E-state index in [1.54, 1.807) is 67.9 Å². The van der Waals surface area contributed by atoms with Crippen molar-refractivity contribution in [1.82, 2.24) is 0 Å². The molecule has 3 aromatic carbocycles. The largest absolute Gasteiger partial charge is 0.417 e. The molecule has 0 unspecified atom stereocenters. The second kappa shape index (κ2) is 11.9. The minimum atomic E-state index is -2.44. The summed E-state index contributed by atoms with van der Waals surface area (Å²) in [6.07, 6.45) is -0.569. The smallest absolute Gasteiger partial charge is 0.415 e. The molecule has 0 saturated heterocycles. The van der Waals surface area contributed by atoms with Crippen molar-refractivity contribution in [2.24, 2.45) is 0 Å². The quantitative estimate of drug-likeness (QED) is 0.300. The van der Waals surface area contributed by atoms with E-state index in [2.05, 4.69) is 30.8 Å². The van der Waals surface area contributed by atoms with Crippen LogP contribution in [0.5, 0.6) is 11.5 Å². The Hall–Kier alpha value is -3.08. The lowest BCUT2D eigenvalue weighted by atomic mass is 9.87. The van der Waals surface area contributed by atoms with E-state index >= 15 is 0 Å². The molecule has 0 aliphatic carbocycles. The molecule has 0 aliphatic heterocycles. The van der Waals surface area contributed by atoms with Crippen LogP contribution < -0.4 is 20.1 Å². The van der Waals surface area contributed by atoms with Crippen LogP contribution in [-0.4, -0.2) is 24.9 Å². The van der Waals surface area contributed by atoms with Crippen molar-refractivity contribution < 1.29 is 23.6 Å². The first-order chi connectivity index (χ1) is 15.8. The van der Waals surface area contributed by atoms with Crippen molar-refractivity contribution in [1.29, 1.82) is 0 Å². The average Bonchev–Trinajstić information content (AvgIpc) is 2.73. The summed E-state index contributed by atoms with van der Waals surface area (Å²) in [5.74, 6) is 0.932. The number of carbonyl (C=O) groups excluding carboxylic acids is 2. The summed E-state index contributed by atoms with van der Waals surface area (Å²) in [6.45, 7) is 9.68. The van der Waals surface area contributed by atoms with E-state index < -0.39 is 18.7 Å². The van der Waals surface area contributed by atoms with Crippen molar-refractivity contribution in [2.75, 3.05) is 18.6 Å². The summed E-state index contributed by atoms with van der Waals surface area (Å²) >= 11 is 4.95. The fraction of sp³-hybridized carbons (Fsp3) is 0.231. The second-order valence-electron chi connectivity index (χ2n) is 8.85. The summed E-state index contributed by atoms with van der Waals surface area (Å²) < 4.78 is 22.3. The molecule has 0 radical (unpaired) electrons. The Morgan fingerprint density at radius 2 is 1.32 bits per heavy atom. The monoisotopic (exact) mass is 501 g/mol. The van der Waals surface area contributed by atoms with Gasteiger partial charge in [0.15, 0.2) is 0 Å². The number of halogens is 1.